The van der Waals surface area contributed by atoms with Crippen LogP contribution in [0.4, 0.5) is 10.8 Å². The Labute approximate surface area is 176 Å². The molecule has 148 valence electrons. The number of imidazole rings is 1. The highest BCUT2D eigenvalue weighted by molar-refractivity contribution is 7.98. The number of thioether (sulfide) groups is 1. The molecule has 1 amide bonds. The SMILES string of the molecule is COc1ccc2nc(SCc3csc(N(C(C)=O)c4cccc(C)c4)n3)[nH]c2c1. The van der Waals surface area contributed by atoms with Crippen LogP contribution in [0, 0.1) is 6.92 Å². The Bertz CT molecular complexity index is 1170. The van der Waals surface area contributed by atoms with Gasteiger partial charge in [-0.1, -0.05) is 23.9 Å². The fourth-order valence-electron chi connectivity index (χ4n) is 2.96. The molecule has 8 heteroatoms. The number of aromatic amines is 1. The number of nitrogens with zero attached hydrogens (tertiary/aromatic N) is 3. The second-order valence-corrected chi connectivity index (χ2v) is 8.33. The molecule has 0 bridgehead atoms. The van der Waals surface area contributed by atoms with Gasteiger partial charge in [0.25, 0.3) is 0 Å². The van der Waals surface area contributed by atoms with Crippen molar-refractivity contribution in [2.75, 3.05) is 12.0 Å². The number of fused-ring (bicyclic) bond motifs is 1. The van der Waals surface area contributed by atoms with Gasteiger partial charge in [-0.3, -0.25) is 9.69 Å². The Morgan fingerprint density at radius 2 is 2.10 bits per heavy atom. The Hall–Kier alpha value is -2.84. The number of methoxy groups -OCH3 is 1. The lowest BCUT2D eigenvalue weighted by molar-refractivity contribution is -0.115. The van der Waals surface area contributed by atoms with Gasteiger partial charge < -0.3 is 9.72 Å². The van der Waals surface area contributed by atoms with Crippen LogP contribution in [-0.4, -0.2) is 28.0 Å². The zero-order chi connectivity index (χ0) is 20.4. The molecule has 2 heterocycles. The van der Waals surface area contributed by atoms with Crippen molar-refractivity contribution in [1.29, 1.82) is 0 Å². The average Bonchev–Trinajstić information content (AvgIpc) is 3.32. The number of amides is 1. The van der Waals surface area contributed by atoms with Crippen molar-refractivity contribution in [3.8, 4) is 5.75 Å². The van der Waals surface area contributed by atoms with Crippen molar-refractivity contribution in [2.24, 2.45) is 0 Å². The molecular weight excluding hydrogens is 404 g/mol. The molecule has 2 aromatic heterocycles. The predicted molar refractivity (Wildman–Crippen MR) is 118 cm³/mol. The van der Waals surface area contributed by atoms with E-state index < -0.39 is 0 Å². The molecule has 0 saturated carbocycles. The summed E-state index contributed by atoms with van der Waals surface area (Å²) in [4.78, 5) is 26.5. The maximum Gasteiger partial charge on any atom is 0.230 e. The number of aromatic nitrogens is 3. The number of ether oxygens (including phenoxy) is 1. The molecule has 0 fully saturated rings. The summed E-state index contributed by atoms with van der Waals surface area (Å²) in [7, 11) is 1.65. The molecule has 1 N–H and O–H groups in total. The number of H-pyrrole nitrogens is 1. The first kappa shape index (κ1) is 19.5. The maximum atomic E-state index is 12.3. The second kappa shape index (κ2) is 8.26. The minimum absolute atomic E-state index is 0.0598. The van der Waals surface area contributed by atoms with Crippen LogP contribution in [0.3, 0.4) is 0 Å². The van der Waals surface area contributed by atoms with Crippen LogP contribution in [0.5, 0.6) is 5.75 Å². The first-order valence-electron chi connectivity index (χ1n) is 9.02. The molecule has 0 unspecified atom stereocenters. The summed E-state index contributed by atoms with van der Waals surface area (Å²) in [6.45, 7) is 3.56. The van der Waals surface area contributed by atoms with Gasteiger partial charge in [-0.2, -0.15) is 0 Å². The van der Waals surface area contributed by atoms with Gasteiger partial charge in [0, 0.05) is 24.1 Å². The molecule has 4 aromatic rings. The van der Waals surface area contributed by atoms with Crippen molar-refractivity contribution < 1.29 is 9.53 Å². The molecule has 0 atom stereocenters. The van der Waals surface area contributed by atoms with Crippen LogP contribution >= 0.6 is 23.1 Å². The molecule has 0 aliphatic rings. The van der Waals surface area contributed by atoms with Crippen LogP contribution in [0.1, 0.15) is 18.2 Å². The second-order valence-electron chi connectivity index (χ2n) is 6.53. The van der Waals surface area contributed by atoms with E-state index in [1.165, 1.54) is 11.3 Å². The van der Waals surface area contributed by atoms with Gasteiger partial charge in [0.2, 0.25) is 5.91 Å². The molecule has 6 nitrogen and oxygen atoms in total. The molecule has 0 aliphatic heterocycles. The molecular formula is C21H20N4O2S2. The summed E-state index contributed by atoms with van der Waals surface area (Å²) < 4.78 is 5.25. The van der Waals surface area contributed by atoms with Gasteiger partial charge in [0.1, 0.15) is 5.75 Å². The van der Waals surface area contributed by atoms with E-state index in [1.54, 1.807) is 30.7 Å². The summed E-state index contributed by atoms with van der Waals surface area (Å²) in [6.07, 6.45) is 0. The van der Waals surface area contributed by atoms with E-state index in [4.69, 9.17) is 4.74 Å². The lowest BCUT2D eigenvalue weighted by Gasteiger charge is -2.18. The van der Waals surface area contributed by atoms with Crippen molar-refractivity contribution in [3.05, 3.63) is 59.1 Å². The zero-order valence-electron chi connectivity index (χ0n) is 16.3. The number of carbonyl (C=O) groups excluding carboxylic acids is 1. The summed E-state index contributed by atoms with van der Waals surface area (Å²) >= 11 is 3.04. The van der Waals surface area contributed by atoms with E-state index >= 15 is 0 Å². The minimum Gasteiger partial charge on any atom is -0.497 e. The maximum absolute atomic E-state index is 12.3. The molecule has 29 heavy (non-hydrogen) atoms. The van der Waals surface area contributed by atoms with Crippen LogP contribution in [0.15, 0.2) is 53.0 Å². The molecule has 0 saturated heterocycles. The number of thiazole rings is 1. The van der Waals surface area contributed by atoms with Gasteiger partial charge >= 0.3 is 0 Å². The largest absolute Gasteiger partial charge is 0.497 e. The molecule has 0 aliphatic carbocycles. The van der Waals surface area contributed by atoms with Crippen LogP contribution < -0.4 is 9.64 Å². The van der Waals surface area contributed by atoms with Crippen molar-refractivity contribution in [1.82, 2.24) is 15.0 Å². The number of benzene rings is 2. The van der Waals surface area contributed by atoms with Crippen molar-refractivity contribution in [3.63, 3.8) is 0 Å². The summed E-state index contributed by atoms with van der Waals surface area (Å²) in [5.74, 6) is 1.39. The van der Waals surface area contributed by atoms with Crippen molar-refractivity contribution >= 4 is 50.9 Å². The van der Waals surface area contributed by atoms with E-state index in [2.05, 4.69) is 15.0 Å². The molecule has 0 spiro atoms. The standard InChI is InChI=1S/C21H20N4O2S2/c1-13-5-4-6-16(9-13)25(14(2)26)21-22-15(12-29-21)11-28-20-23-18-8-7-17(27-3)10-19(18)24-20/h4-10,12H,11H2,1-3H3,(H,23,24). The average molecular weight is 425 g/mol. The number of hydrogen-bond acceptors (Lipinski definition) is 6. The monoisotopic (exact) mass is 424 g/mol. The number of hydrogen-bond donors (Lipinski definition) is 1. The van der Waals surface area contributed by atoms with Gasteiger partial charge in [-0.05, 0) is 36.8 Å². The van der Waals surface area contributed by atoms with Gasteiger partial charge in [-0.25, -0.2) is 9.97 Å². The van der Waals surface area contributed by atoms with E-state index in [0.29, 0.717) is 10.9 Å². The molecule has 2 aromatic carbocycles. The number of rotatable bonds is 6. The Morgan fingerprint density at radius 1 is 1.24 bits per heavy atom. The predicted octanol–water partition coefficient (Wildman–Crippen LogP) is 5.31. The van der Waals surface area contributed by atoms with Crippen LogP contribution in [0.25, 0.3) is 11.0 Å². The number of nitrogens with one attached hydrogen (secondary N) is 1. The molecule has 0 radical (unpaired) electrons. The quantitative estimate of drug-likeness (QED) is 0.425. The normalized spacial score (nSPS) is 11.0. The van der Waals surface area contributed by atoms with E-state index in [-0.39, 0.29) is 5.91 Å². The number of aryl methyl sites for hydroxylation is 1. The fraction of sp³-hybridized carbons (Fsp3) is 0.190. The van der Waals surface area contributed by atoms with E-state index in [0.717, 1.165) is 38.9 Å². The van der Waals surface area contributed by atoms with E-state index in [1.807, 2.05) is 54.8 Å². The summed E-state index contributed by atoms with van der Waals surface area (Å²) in [5, 5.41) is 3.48. The first-order chi connectivity index (χ1) is 14.0. The number of carbonyl (C=O) groups is 1. The number of anilines is 2. The summed E-state index contributed by atoms with van der Waals surface area (Å²) in [6, 6.07) is 13.6. The third kappa shape index (κ3) is 4.28. The first-order valence-corrected chi connectivity index (χ1v) is 10.9. The van der Waals surface area contributed by atoms with Crippen LogP contribution in [-0.2, 0) is 10.5 Å². The van der Waals surface area contributed by atoms with Gasteiger partial charge in [0.05, 0.1) is 29.5 Å². The van der Waals surface area contributed by atoms with E-state index in [9.17, 15) is 4.79 Å². The fourth-order valence-corrected chi connectivity index (χ4v) is 4.73. The van der Waals surface area contributed by atoms with Gasteiger partial charge in [-0.15, -0.1) is 11.3 Å². The lowest BCUT2D eigenvalue weighted by Crippen LogP contribution is -2.22. The van der Waals surface area contributed by atoms with Gasteiger partial charge in [0.15, 0.2) is 10.3 Å². The summed E-state index contributed by atoms with van der Waals surface area (Å²) in [5.41, 5.74) is 4.68. The smallest absolute Gasteiger partial charge is 0.230 e. The highest BCUT2D eigenvalue weighted by atomic mass is 32.2. The Balaban J connectivity index is 1.50. The molecule has 4 rings (SSSR count). The highest BCUT2D eigenvalue weighted by Crippen LogP contribution is 2.31. The zero-order valence-corrected chi connectivity index (χ0v) is 17.9. The van der Waals surface area contributed by atoms with Crippen LogP contribution in [0.2, 0.25) is 0 Å². The third-order valence-electron chi connectivity index (χ3n) is 4.33. The Kier molecular flexibility index (Phi) is 5.55. The topological polar surface area (TPSA) is 71.1 Å². The Morgan fingerprint density at radius 3 is 2.86 bits per heavy atom. The van der Waals surface area contributed by atoms with Crippen molar-refractivity contribution in [2.45, 2.75) is 24.8 Å². The lowest BCUT2D eigenvalue weighted by atomic mass is 10.2. The third-order valence-corrected chi connectivity index (χ3v) is 6.11. The highest BCUT2D eigenvalue weighted by Gasteiger charge is 2.18. The minimum atomic E-state index is -0.0598.